The fourth-order valence-electron chi connectivity index (χ4n) is 1.57. The lowest BCUT2D eigenvalue weighted by Crippen LogP contribution is -2.05. The standard InChI is InChI=1S/C12H15N3O2S/c1-18-8-3-2-7-14-11-6-4-5-10(9-13)12(11)15(16)17/h4-6,14H,2-3,7-8H2,1H3. The number of nitrogens with one attached hydrogen (secondary N) is 1. The Morgan fingerprint density at radius 2 is 2.28 bits per heavy atom. The average Bonchev–Trinajstić information content (AvgIpc) is 2.37. The van der Waals surface area contributed by atoms with Crippen LogP contribution in [-0.4, -0.2) is 23.5 Å². The van der Waals surface area contributed by atoms with Gasteiger partial charge in [0.25, 0.3) is 0 Å². The molecule has 0 aliphatic carbocycles. The smallest absolute Gasteiger partial charge is 0.309 e. The predicted molar refractivity (Wildman–Crippen MR) is 73.9 cm³/mol. The summed E-state index contributed by atoms with van der Waals surface area (Å²) in [6.07, 6.45) is 4.07. The van der Waals surface area contributed by atoms with Crippen molar-refractivity contribution in [3.63, 3.8) is 0 Å². The molecule has 0 saturated heterocycles. The van der Waals surface area contributed by atoms with Crippen molar-refractivity contribution in [1.29, 1.82) is 5.26 Å². The number of anilines is 1. The number of rotatable bonds is 7. The summed E-state index contributed by atoms with van der Waals surface area (Å²) in [6, 6.07) is 6.58. The summed E-state index contributed by atoms with van der Waals surface area (Å²) in [5.41, 5.74) is 0.377. The van der Waals surface area contributed by atoms with E-state index in [1.165, 1.54) is 6.07 Å². The van der Waals surface area contributed by atoms with Gasteiger partial charge in [-0.25, -0.2) is 0 Å². The van der Waals surface area contributed by atoms with Gasteiger partial charge in [0.1, 0.15) is 17.3 Å². The zero-order valence-electron chi connectivity index (χ0n) is 10.2. The molecular formula is C12H15N3O2S. The monoisotopic (exact) mass is 265 g/mol. The molecule has 0 saturated carbocycles. The van der Waals surface area contributed by atoms with Crippen LogP contribution >= 0.6 is 11.8 Å². The Morgan fingerprint density at radius 1 is 1.50 bits per heavy atom. The van der Waals surface area contributed by atoms with Crippen molar-refractivity contribution in [2.75, 3.05) is 23.9 Å². The first-order chi connectivity index (χ1) is 8.70. The van der Waals surface area contributed by atoms with E-state index in [1.54, 1.807) is 23.9 Å². The molecule has 0 aromatic heterocycles. The number of nitrogens with zero attached hydrogens (tertiary/aromatic N) is 2. The zero-order valence-corrected chi connectivity index (χ0v) is 11.0. The molecule has 6 heteroatoms. The van der Waals surface area contributed by atoms with Gasteiger partial charge in [-0.1, -0.05) is 6.07 Å². The summed E-state index contributed by atoms with van der Waals surface area (Å²) in [4.78, 5) is 10.4. The summed E-state index contributed by atoms with van der Waals surface area (Å²) in [6.45, 7) is 0.677. The third-order valence-electron chi connectivity index (χ3n) is 2.43. The molecule has 96 valence electrons. The van der Waals surface area contributed by atoms with Crippen molar-refractivity contribution < 1.29 is 4.92 Å². The highest BCUT2D eigenvalue weighted by Gasteiger charge is 2.18. The lowest BCUT2D eigenvalue weighted by Gasteiger charge is -2.07. The van der Waals surface area contributed by atoms with Crippen molar-refractivity contribution in [3.05, 3.63) is 33.9 Å². The number of para-hydroxylation sites is 1. The number of benzene rings is 1. The van der Waals surface area contributed by atoms with Gasteiger partial charge in [-0.05, 0) is 37.0 Å². The van der Waals surface area contributed by atoms with Gasteiger partial charge in [0.15, 0.2) is 0 Å². The minimum atomic E-state index is -0.511. The Kier molecular flexibility index (Phi) is 6.01. The Hall–Kier alpha value is -1.74. The number of nitro groups is 1. The molecule has 18 heavy (non-hydrogen) atoms. The van der Waals surface area contributed by atoms with Crippen molar-refractivity contribution >= 4 is 23.1 Å². The number of nitriles is 1. The molecule has 1 aromatic rings. The predicted octanol–water partition coefficient (Wildman–Crippen LogP) is 3.02. The number of hydrogen-bond acceptors (Lipinski definition) is 5. The minimum absolute atomic E-state index is 0.0918. The number of thioether (sulfide) groups is 1. The Labute approximate surface area is 110 Å². The van der Waals surface area contributed by atoms with Crippen molar-refractivity contribution in [2.24, 2.45) is 0 Å². The summed E-state index contributed by atoms with van der Waals surface area (Å²) >= 11 is 1.78. The molecule has 0 spiro atoms. The first-order valence-electron chi connectivity index (χ1n) is 5.61. The lowest BCUT2D eigenvalue weighted by atomic mass is 10.1. The van der Waals surface area contributed by atoms with Gasteiger partial charge in [-0.2, -0.15) is 17.0 Å². The molecule has 0 heterocycles. The van der Waals surface area contributed by atoms with Crippen LogP contribution in [0.5, 0.6) is 0 Å². The highest BCUT2D eigenvalue weighted by Crippen LogP contribution is 2.27. The molecule has 0 amide bonds. The van der Waals surface area contributed by atoms with E-state index in [2.05, 4.69) is 11.6 Å². The molecule has 0 unspecified atom stereocenters. The van der Waals surface area contributed by atoms with Gasteiger partial charge in [0.05, 0.1) is 4.92 Å². The molecule has 0 aliphatic rings. The largest absolute Gasteiger partial charge is 0.379 e. The molecule has 1 N–H and O–H groups in total. The van der Waals surface area contributed by atoms with E-state index in [9.17, 15) is 10.1 Å². The van der Waals surface area contributed by atoms with Gasteiger partial charge in [-0.15, -0.1) is 0 Å². The molecule has 0 radical (unpaired) electrons. The third-order valence-corrected chi connectivity index (χ3v) is 3.13. The van der Waals surface area contributed by atoms with Crippen molar-refractivity contribution in [1.82, 2.24) is 0 Å². The summed E-state index contributed by atoms with van der Waals surface area (Å²) in [5, 5.41) is 22.8. The van der Waals surface area contributed by atoms with E-state index in [1.807, 2.05) is 6.07 Å². The van der Waals surface area contributed by atoms with E-state index in [0.717, 1.165) is 18.6 Å². The van der Waals surface area contributed by atoms with E-state index in [-0.39, 0.29) is 11.3 Å². The first-order valence-corrected chi connectivity index (χ1v) is 7.00. The Bertz CT molecular complexity index is 457. The molecule has 0 atom stereocenters. The quantitative estimate of drug-likeness (QED) is 0.465. The van der Waals surface area contributed by atoms with Crippen LogP contribution in [0.4, 0.5) is 11.4 Å². The highest BCUT2D eigenvalue weighted by atomic mass is 32.2. The third kappa shape index (κ3) is 3.93. The van der Waals surface area contributed by atoms with Crippen LogP contribution in [0.25, 0.3) is 0 Å². The molecular weight excluding hydrogens is 250 g/mol. The molecule has 5 nitrogen and oxygen atoms in total. The SMILES string of the molecule is CSCCCCNc1cccc(C#N)c1[N+](=O)[O-]. The summed E-state index contributed by atoms with van der Waals surface area (Å²) in [5.74, 6) is 1.09. The van der Waals surface area contributed by atoms with E-state index in [0.29, 0.717) is 12.2 Å². The van der Waals surface area contributed by atoms with E-state index < -0.39 is 4.92 Å². The molecule has 0 bridgehead atoms. The second kappa shape index (κ2) is 7.56. The van der Waals surface area contributed by atoms with Crippen LogP contribution < -0.4 is 5.32 Å². The van der Waals surface area contributed by atoms with Gasteiger partial charge in [0, 0.05) is 6.54 Å². The number of hydrogen-bond donors (Lipinski definition) is 1. The summed E-state index contributed by atoms with van der Waals surface area (Å²) in [7, 11) is 0. The van der Waals surface area contributed by atoms with Gasteiger partial charge in [-0.3, -0.25) is 10.1 Å². The molecule has 1 rings (SSSR count). The second-order valence-electron chi connectivity index (χ2n) is 3.70. The van der Waals surface area contributed by atoms with Gasteiger partial charge in [0.2, 0.25) is 0 Å². The van der Waals surface area contributed by atoms with Crippen LogP contribution in [0.2, 0.25) is 0 Å². The Balaban J connectivity index is 2.71. The minimum Gasteiger partial charge on any atom is -0.379 e. The average molecular weight is 265 g/mol. The highest BCUT2D eigenvalue weighted by molar-refractivity contribution is 7.98. The van der Waals surface area contributed by atoms with Crippen LogP contribution in [0.3, 0.4) is 0 Å². The molecule has 0 aliphatic heterocycles. The van der Waals surface area contributed by atoms with Crippen LogP contribution in [0, 0.1) is 21.4 Å². The zero-order chi connectivity index (χ0) is 13.4. The van der Waals surface area contributed by atoms with Crippen LogP contribution in [0.15, 0.2) is 18.2 Å². The second-order valence-corrected chi connectivity index (χ2v) is 4.68. The normalized spacial score (nSPS) is 9.78. The molecule has 0 fully saturated rings. The van der Waals surface area contributed by atoms with Crippen LogP contribution in [0.1, 0.15) is 18.4 Å². The van der Waals surface area contributed by atoms with E-state index in [4.69, 9.17) is 5.26 Å². The maximum atomic E-state index is 10.9. The van der Waals surface area contributed by atoms with Crippen molar-refractivity contribution in [3.8, 4) is 6.07 Å². The number of nitro benzene ring substituents is 1. The van der Waals surface area contributed by atoms with Gasteiger partial charge < -0.3 is 5.32 Å². The lowest BCUT2D eigenvalue weighted by molar-refractivity contribution is -0.384. The fraction of sp³-hybridized carbons (Fsp3) is 0.417. The topological polar surface area (TPSA) is 79.0 Å². The van der Waals surface area contributed by atoms with E-state index >= 15 is 0 Å². The maximum Gasteiger partial charge on any atom is 0.309 e. The maximum absolute atomic E-state index is 10.9. The first kappa shape index (κ1) is 14.3. The van der Waals surface area contributed by atoms with Crippen molar-refractivity contribution in [2.45, 2.75) is 12.8 Å². The Morgan fingerprint density at radius 3 is 2.89 bits per heavy atom. The number of unbranched alkanes of at least 4 members (excludes halogenated alkanes) is 1. The van der Waals surface area contributed by atoms with Crippen LogP contribution in [-0.2, 0) is 0 Å². The summed E-state index contributed by atoms with van der Waals surface area (Å²) < 4.78 is 0. The fourth-order valence-corrected chi connectivity index (χ4v) is 2.06. The molecule has 1 aromatic carbocycles. The van der Waals surface area contributed by atoms with Gasteiger partial charge >= 0.3 is 5.69 Å².